The van der Waals surface area contributed by atoms with E-state index in [1.54, 1.807) is 30.3 Å². The van der Waals surface area contributed by atoms with E-state index in [0.717, 1.165) is 22.2 Å². The molecule has 0 aliphatic carbocycles. The number of carboxylic acids is 1. The Balaban J connectivity index is 1.48. The van der Waals surface area contributed by atoms with Gasteiger partial charge in [0.2, 0.25) is 0 Å². The molecule has 0 atom stereocenters. The first kappa shape index (κ1) is 17.9. The van der Waals surface area contributed by atoms with Crippen LogP contribution in [0.3, 0.4) is 0 Å². The van der Waals surface area contributed by atoms with E-state index in [1.165, 1.54) is 11.3 Å². The van der Waals surface area contributed by atoms with Gasteiger partial charge in [-0.25, -0.2) is 9.78 Å². The molecule has 0 amide bonds. The SMILES string of the molecule is O=C(O)/C(=C/c1ccsc1)c1ccc(OCc2ccc3ccccc3n2)cc1. The maximum absolute atomic E-state index is 11.6. The van der Waals surface area contributed by atoms with Crippen molar-refractivity contribution in [1.82, 2.24) is 4.98 Å². The van der Waals surface area contributed by atoms with Crippen molar-refractivity contribution in [2.45, 2.75) is 6.61 Å². The number of thiophene rings is 1. The van der Waals surface area contributed by atoms with Gasteiger partial charge in [-0.1, -0.05) is 36.4 Å². The number of aliphatic carboxylic acids is 1. The number of carboxylic acid groups (broad SMARTS) is 1. The summed E-state index contributed by atoms with van der Waals surface area (Å²) in [4.78, 5) is 16.2. The normalized spacial score (nSPS) is 11.5. The highest BCUT2D eigenvalue weighted by Crippen LogP contribution is 2.23. The van der Waals surface area contributed by atoms with Crippen molar-refractivity contribution < 1.29 is 14.6 Å². The zero-order chi connectivity index (χ0) is 19.3. The van der Waals surface area contributed by atoms with E-state index in [-0.39, 0.29) is 5.57 Å². The molecule has 4 aromatic rings. The van der Waals surface area contributed by atoms with E-state index < -0.39 is 5.97 Å². The largest absolute Gasteiger partial charge is 0.487 e. The monoisotopic (exact) mass is 387 g/mol. The molecule has 0 radical (unpaired) electrons. The lowest BCUT2D eigenvalue weighted by Gasteiger charge is -2.08. The summed E-state index contributed by atoms with van der Waals surface area (Å²) in [7, 11) is 0. The van der Waals surface area contributed by atoms with Gasteiger partial charge in [0.1, 0.15) is 12.4 Å². The van der Waals surface area contributed by atoms with Crippen molar-refractivity contribution >= 4 is 39.9 Å². The Labute approximate surface area is 166 Å². The quantitative estimate of drug-likeness (QED) is 0.444. The van der Waals surface area contributed by atoms with Crippen molar-refractivity contribution in [3.05, 3.63) is 94.3 Å². The molecule has 4 nitrogen and oxygen atoms in total. The zero-order valence-corrected chi connectivity index (χ0v) is 15.7. The molecule has 2 aromatic carbocycles. The lowest BCUT2D eigenvalue weighted by Crippen LogP contribution is -2.01. The standard InChI is InChI=1S/C23H17NO3S/c25-23(26)21(13-16-11-12-28-15-16)17-6-9-20(10-7-17)27-14-19-8-5-18-3-1-2-4-22(18)24-19/h1-13,15H,14H2,(H,25,26)/b21-13+. The smallest absolute Gasteiger partial charge is 0.336 e. The van der Waals surface area contributed by atoms with Crippen LogP contribution in [-0.2, 0) is 11.4 Å². The molecule has 5 heteroatoms. The van der Waals surface area contributed by atoms with Gasteiger partial charge in [-0.2, -0.15) is 11.3 Å². The minimum Gasteiger partial charge on any atom is -0.487 e. The molecule has 0 spiro atoms. The number of hydrogen-bond donors (Lipinski definition) is 1. The fraction of sp³-hybridized carbons (Fsp3) is 0.0435. The Morgan fingerprint density at radius 1 is 1.04 bits per heavy atom. The summed E-state index contributed by atoms with van der Waals surface area (Å²) in [6.45, 7) is 0.348. The molecule has 4 rings (SSSR count). The van der Waals surface area contributed by atoms with E-state index in [4.69, 9.17) is 4.74 Å². The Kier molecular flexibility index (Phi) is 5.17. The average Bonchev–Trinajstić information content (AvgIpc) is 3.24. The molecular formula is C23H17NO3S. The van der Waals surface area contributed by atoms with Gasteiger partial charge in [-0.3, -0.25) is 0 Å². The second-order valence-corrected chi connectivity index (χ2v) is 7.01. The number of aromatic nitrogens is 1. The lowest BCUT2D eigenvalue weighted by molar-refractivity contribution is -0.130. The summed E-state index contributed by atoms with van der Waals surface area (Å²) < 4.78 is 5.81. The van der Waals surface area contributed by atoms with Gasteiger partial charge < -0.3 is 9.84 Å². The Morgan fingerprint density at radius 3 is 2.61 bits per heavy atom. The molecule has 0 aliphatic rings. The van der Waals surface area contributed by atoms with Gasteiger partial charge in [0.05, 0.1) is 16.8 Å². The van der Waals surface area contributed by atoms with Crippen molar-refractivity contribution in [3.63, 3.8) is 0 Å². The Morgan fingerprint density at radius 2 is 1.86 bits per heavy atom. The number of hydrogen-bond acceptors (Lipinski definition) is 4. The van der Waals surface area contributed by atoms with Gasteiger partial charge in [-0.15, -0.1) is 0 Å². The number of pyridine rings is 1. The summed E-state index contributed by atoms with van der Waals surface area (Å²) in [6, 6.07) is 20.9. The van der Waals surface area contributed by atoms with Crippen LogP contribution in [-0.4, -0.2) is 16.1 Å². The predicted octanol–water partition coefficient (Wildman–Crippen LogP) is 5.50. The molecule has 2 heterocycles. The summed E-state index contributed by atoms with van der Waals surface area (Å²) in [5.74, 6) is -0.292. The van der Waals surface area contributed by atoms with Crippen molar-refractivity contribution in [2.24, 2.45) is 0 Å². The van der Waals surface area contributed by atoms with E-state index in [1.807, 2.05) is 53.2 Å². The van der Waals surface area contributed by atoms with Crippen LogP contribution in [0.1, 0.15) is 16.8 Å². The summed E-state index contributed by atoms with van der Waals surface area (Å²) >= 11 is 1.53. The number of nitrogens with zero attached hydrogens (tertiary/aromatic N) is 1. The van der Waals surface area contributed by atoms with E-state index in [2.05, 4.69) is 4.98 Å². The number of para-hydroxylation sites is 1. The van der Waals surface area contributed by atoms with Crippen LogP contribution >= 0.6 is 11.3 Å². The molecule has 28 heavy (non-hydrogen) atoms. The second-order valence-electron chi connectivity index (χ2n) is 6.23. The summed E-state index contributed by atoms with van der Waals surface area (Å²) in [5.41, 5.74) is 3.54. The number of fused-ring (bicyclic) bond motifs is 1. The summed E-state index contributed by atoms with van der Waals surface area (Å²) in [5, 5.41) is 14.5. The maximum Gasteiger partial charge on any atom is 0.336 e. The first-order chi connectivity index (χ1) is 13.7. The molecule has 0 fully saturated rings. The zero-order valence-electron chi connectivity index (χ0n) is 14.9. The lowest BCUT2D eigenvalue weighted by atomic mass is 10.0. The fourth-order valence-corrected chi connectivity index (χ4v) is 3.49. The topological polar surface area (TPSA) is 59.4 Å². The highest BCUT2D eigenvalue weighted by atomic mass is 32.1. The van der Waals surface area contributed by atoms with Gasteiger partial charge in [0.15, 0.2) is 0 Å². The van der Waals surface area contributed by atoms with Gasteiger partial charge in [0.25, 0.3) is 0 Å². The van der Waals surface area contributed by atoms with Gasteiger partial charge >= 0.3 is 5.97 Å². The third-order valence-corrected chi connectivity index (χ3v) is 4.99. The fourth-order valence-electron chi connectivity index (χ4n) is 2.87. The van der Waals surface area contributed by atoms with Crippen LogP contribution in [0, 0.1) is 0 Å². The minimum absolute atomic E-state index is 0.251. The predicted molar refractivity (Wildman–Crippen MR) is 112 cm³/mol. The molecule has 2 aromatic heterocycles. The van der Waals surface area contributed by atoms with Crippen molar-refractivity contribution in [3.8, 4) is 5.75 Å². The van der Waals surface area contributed by atoms with E-state index in [0.29, 0.717) is 17.9 Å². The molecule has 0 saturated heterocycles. The minimum atomic E-state index is -0.958. The Bertz CT molecular complexity index is 1130. The Hall–Kier alpha value is -3.44. The maximum atomic E-state index is 11.6. The highest BCUT2D eigenvalue weighted by Gasteiger charge is 2.11. The van der Waals surface area contributed by atoms with Crippen LogP contribution in [0.2, 0.25) is 0 Å². The molecule has 138 valence electrons. The number of ether oxygens (including phenoxy) is 1. The first-order valence-electron chi connectivity index (χ1n) is 8.74. The molecule has 0 unspecified atom stereocenters. The number of rotatable bonds is 6. The van der Waals surface area contributed by atoms with Crippen LogP contribution in [0.15, 0.2) is 77.5 Å². The third kappa shape index (κ3) is 4.10. The van der Waals surface area contributed by atoms with Gasteiger partial charge in [0, 0.05) is 5.39 Å². The third-order valence-electron chi connectivity index (χ3n) is 4.29. The number of carbonyl (C=O) groups is 1. The van der Waals surface area contributed by atoms with Gasteiger partial charge in [-0.05, 0) is 58.3 Å². The van der Waals surface area contributed by atoms with Crippen molar-refractivity contribution in [2.75, 3.05) is 0 Å². The average molecular weight is 387 g/mol. The first-order valence-corrected chi connectivity index (χ1v) is 9.68. The molecular weight excluding hydrogens is 370 g/mol. The van der Waals surface area contributed by atoms with Crippen molar-refractivity contribution in [1.29, 1.82) is 0 Å². The number of benzene rings is 2. The summed E-state index contributed by atoms with van der Waals surface area (Å²) in [6.07, 6.45) is 1.67. The molecule has 0 aliphatic heterocycles. The van der Waals surface area contributed by atoms with Crippen LogP contribution in [0.5, 0.6) is 5.75 Å². The van der Waals surface area contributed by atoms with E-state index >= 15 is 0 Å². The molecule has 0 saturated carbocycles. The molecule has 0 bridgehead atoms. The van der Waals surface area contributed by atoms with Crippen LogP contribution < -0.4 is 4.74 Å². The molecule has 1 N–H and O–H groups in total. The highest BCUT2D eigenvalue weighted by molar-refractivity contribution is 7.08. The van der Waals surface area contributed by atoms with Crippen LogP contribution in [0.4, 0.5) is 0 Å². The van der Waals surface area contributed by atoms with Crippen LogP contribution in [0.25, 0.3) is 22.6 Å². The van der Waals surface area contributed by atoms with E-state index in [9.17, 15) is 9.90 Å². The second kappa shape index (κ2) is 8.06.